The predicted octanol–water partition coefficient (Wildman–Crippen LogP) is 3.56. The number of nitrogens with zero attached hydrogens (tertiary/aromatic N) is 1. The van der Waals surface area contributed by atoms with Crippen LogP contribution in [0.3, 0.4) is 0 Å². The van der Waals surface area contributed by atoms with Gasteiger partial charge in [0.2, 0.25) is 15.9 Å². The Morgan fingerprint density at radius 3 is 2.38 bits per heavy atom. The van der Waals surface area contributed by atoms with E-state index in [0.717, 1.165) is 9.87 Å². The lowest BCUT2D eigenvalue weighted by Gasteiger charge is -2.17. The van der Waals surface area contributed by atoms with E-state index in [1.165, 1.54) is 19.2 Å². The summed E-state index contributed by atoms with van der Waals surface area (Å²) >= 11 is 11.9. The maximum atomic E-state index is 12.5. The van der Waals surface area contributed by atoms with E-state index in [1.54, 1.807) is 30.3 Å². The molecule has 1 N–H and O–H groups in total. The minimum absolute atomic E-state index is 0.129. The minimum Gasteiger partial charge on any atom is -0.324 e. The molecule has 2 rings (SSSR count). The van der Waals surface area contributed by atoms with Crippen LogP contribution in [-0.4, -0.2) is 32.2 Å². The molecule has 0 aromatic heterocycles. The Kier molecular flexibility index (Phi) is 5.87. The minimum atomic E-state index is -3.75. The molecule has 0 fully saturated rings. The van der Waals surface area contributed by atoms with Crippen LogP contribution in [-0.2, 0) is 14.8 Å². The lowest BCUT2D eigenvalue weighted by atomic mass is 10.2. The van der Waals surface area contributed by atoms with E-state index in [4.69, 9.17) is 23.2 Å². The number of anilines is 1. The maximum absolute atomic E-state index is 12.5. The van der Waals surface area contributed by atoms with E-state index in [1.807, 2.05) is 6.92 Å². The standard InChI is InChI=1S/C16H16Cl2N2O3S/c1-11-6-8-12(9-7-11)24(22,23)20(2)10-15(21)19-14-5-3-4-13(17)16(14)18/h3-9H,10H2,1-2H3,(H,19,21). The molecule has 0 radical (unpaired) electrons. The van der Waals surface area contributed by atoms with Gasteiger partial charge in [-0.25, -0.2) is 8.42 Å². The molecule has 2 aromatic carbocycles. The van der Waals surface area contributed by atoms with E-state index in [9.17, 15) is 13.2 Å². The van der Waals surface area contributed by atoms with Crippen molar-refractivity contribution in [3.63, 3.8) is 0 Å². The van der Waals surface area contributed by atoms with Gasteiger partial charge in [-0.2, -0.15) is 4.31 Å². The molecule has 0 heterocycles. The summed E-state index contributed by atoms with van der Waals surface area (Å²) in [5, 5.41) is 3.06. The highest BCUT2D eigenvalue weighted by Gasteiger charge is 2.23. The lowest BCUT2D eigenvalue weighted by Crippen LogP contribution is -2.35. The molecule has 0 bridgehead atoms. The molecule has 0 unspecified atom stereocenters. The number of hydrogen-bond acceptors (Lipinski definition) is 3. The average molecular weight is 387 g/mol. The highest BCUT2D eigenvalue weighted by Crippen LogP contribution is 2.29. The number of carbonyl (C=O) groups is 1. The van der Waals surface area contributed by atoms with Crippen LogP contribution in [0.1, 0.15) is 5.56 Å². The van der Waals surface area contributed by atoms with Gasteiger partial charge in [-0.1, -0.05) is 47.0 Å². The largest absolute Gasteiger partial charge is 0.324 e. The quantitative estimate of drug-likeness (QED) is 0.853. The Bertz CT molecular complexity index is 852. The van der Waals surface area contributed by atoms with Crippen LogP contribution in [0.5, 0.6) is 0 Å². The molecular formula is C16H16Cl2N2O3S. The number of halogens is 2. The molecule has 24 heavy (non-hydrogen) atoms. The van der Waals surface area contributed by atoms with Crippen molar-refractivity contribution >= 4 is 44.8 Å². The fraction of sp³-hybridized carbons (Fsp3) is 0.188. The summed E-state index contributed by atoms with van der Waals surface area (Å²) in [6, 6.07) is 11.2. The highest BCUT2D eigenvalue weighted by molar-refractivity contribution is 7.89. The van der Waals surface area contributed by atoms with Gasteiger partial charge in [0.15, 0.2) is 0 Å². The van der Waals surface area contributed by atoms with Crippen LogP contribution in [0, 0.1) is 6.92 Å². The summed E-state index contributed by atoms with van der Waals surface area (Å²) in [4.78, 5) is 12.2. The monoisotopic (exact) mass is 386 g/mol. The summed E-state index contributed by atoms with van der Waals surface area (Å²) in [5.74, 6) is -0.516. The third-order valence-electron chi connectivity index (χ3n) is 3.32. The van der Waals surface area contributed by atoms with Crippen LogP contribution in [0.15, 0.2) is 47.4 Å². The topological polar surface area (TPSA) is 66.5 Å². The van der Waals surface area contributed by atoms with Gasteiger partial charge < -0.3 is 5.32 Å². The second kappa shape index (κ2) is 7.53. The SMILES string of the molecule is Cc1ccc(S(=O)(=O)N(C)CC(=O)Nc2cccc(Cl)c2Cl)cc1. The van der Waals surface area contributed by atoms with Crippen LogP contribution < -0.4 is 5.32 Å². The van der Waals surface area contributed by atoms with E-state index < -0.39 is 15.9 Å². The van der Waals surface area contributed by atoms with Gasteiger partial charge in [0, 0.05) is 7.05 Å². The van der Waals surface area contributed by atoms with Crippen LogP contribution in [0.25, 0.3) is 0 Å². The van der Waals surface area contributed by atoms with Crippen molar-refractivity contribution in [2.24, 2.45) is 0 Å². The Morgan fingerprint density at radius 1 is 1.12 bits per heavy atom. The molecule has 8 heteroatoms. The number of carbonyl (C=O) groups excluding carboxylic acids is 1. The molecule has 128 valence electrons. The van der Waals surface area contributed by atoms with Crippen molar-refractivity contribution in [3.8, 4) is 0 Å². The first-order valence-electron chi connectivity index (χ1n) is 6.98. The van der Waals surface area contributed by atoms with E-state index in [-0.39, 0.29) is 16.5 Å². The smallest absolute Gasteiger partial charge is 0.243 e. The molecule has 0 saturated carbocycles. The van der Waals surface area contributed by atoms with Gasteiger partial charge in [0.05, 0.1) is 27.2 Å². The zero-order valence-electron chi connectivity index (χ0n) is 13.1. The van der Waals surface area contributed by atoms with Crippen molar-refractivity contribution in [1.29, 1.82) is 0 Å². The number of amides is 1. The summed E-state index contributed by atoms with van der Waals surface area (Å²) in [5.41, 5.74) is 1.28. The third-order valence-corrected chi connectivity index (χ3v) is 5.96. The molecular weight excluding hydrogens is 371 g/mol. The summed E-state index contributed by atoms with van der Waals surface area (Å²) in [6.45, 7) is 1.52. The van der Waals surface area contributed by atoms with E-state index >= 15 is 0 Å². The molecule has 0 aliphatic heterocycles. The van der Waals surface area contributed by atoms with Crippen molar-refractivity contribution in [1.82, 2.24) is 4.31 Å². The van der Waals surface area contributed by atoms with Gasteiger partial charge in [-0.05, 0) is 31.2 Å². The number of nitrogens with one attached hydrogen (secondary N) is 1. The first-order chi connectivity index (χ1) is 11.2. The highest BCUT2D eigenvalue weighted by atomic mass is 35.5. The first kappa shape index (κ1) is 18.7. The van der Waals surface area contributed by atoms with Crippen molar-refractivity contribution in [3.05, 3.63) is 58.1 Å². The Labute approximate surface area is 151 Å². The second-order valence-corrected chi connectivity index (χ2v) is 8.05. The maximum Gasteiger partial charge on any atom is 0.243 e. The summed E-state index contributed by atoms with van der Waals surface area (Å²) in [7, 11) is -2.41. The van der Waals surface area contributed by atoms with Gasteiger partial charge in [-0.3, -0.25) is 4.79 Å². The lowest BCUT2D eigenvalue weighted by molar-refractivity contribution is -0.116. The van der Waals surface area contributed by atoms with Crippen LogP contribution in [0.2, 0.25) is 10.0 Å². The zero-order chi connectivity index (χ0) is 17.9. The van der Waals surface area contributed by atoms with Crippen LogP contribution >= 0.6 is 23.2 Å². The molecule has 0 aliphatic carbocycles. The molecule has 0 saturated heterocycles. The summed E-state index contributed by atoms with van der Waals surface area (Å²) in [6.07, 6.45) is 0. The number of benzene rings is 2. The van der Waals surface area contributed by atoms with Crippen molar-refractivity contribution in [2.75, 3.05) is 18.9 Å². The third kappa shape index (κ3) is 4.27. The normalized spacial score (nSPS) is 11.5. The molecule has 0 spiro atoms. The van der Waals surface area contributed by atoms with E-state index in [0.29, 0.717) is 10.7 Å². The zero-order valence-corrected chi connectivity index (χ0v) is 15.4. The Hall–Kier alpha value is -1.60. The van der Waals surface area contributed by atoms with Gasteiger partial charge in [0.25, 0.3) is 0 Å². The number of aryl methyl sites for hydroxylation is 1. The Morgan fingerprint density at radius 2 is 1.75 bits per heavy atom. The number of sulfonamides is 1. The fourth-order valence-electron chi connectivity index (χ4n) is 1.97. The molecule has 2 aromatic rings. The Balaban J connectivity index is 2.10. The van der Waals surface area contributed by atoms with Crippen molar-refractivity contribution < 1.29 is 13.2 Å². The number of rotatable bonds is 5. The molecule has 5 nitrogen and oxygen atoms in total. The molecule has 1 amide bonds. The number of hydrogen-bond donors (Lipinski definition) is 1. The second-order valence-electron chi connectivity index (χ2n) is 5.22. The molecule has 0 atom stereocenters. The first-order valence-corrected chi connectivity index (χ1v) is 9.18. The van der Waals surface area contributed by atoms with Crippen LogP contribution in [0.4, 0.5) is 5.69 Å². The fourth-order valence-corrected chi connectivity index (χ4v) is 3.44. The predicted molar refractivity (Wildman–Crippen MR) is 96.1 cm³/mol. The molecule has 0 aliphatic rings. The number of likely N-dealkylation sites (N-methyl/N-ethyl adjacent to an activating group) is 1. The average Bonchev–Trinajstić information content (AvgIpc) is 2.52. The van der Waals surface area contributed by atoms with Crippen molar-refractivity contribution in [2.45, 2.75) is 11.8 Å². The summed E-state index contributed by atoms with van der Waals surface area (Å²) < 4.78 is 25.9. The van der Waals surface area contributed by atoms with Gasteiger partial charge in [0.1, 0.15) is 0 Å². The van der Waals surface area contributed by atoms with Gasteiger partial charge in [-0.15, -0.1) is 0 Å². The van der Waals surface area contributed by atoms with Gasteiger partial charge >= 0.3 is 0 Å². The van der Waals surface area contributed by atoms with E-state index in [2.05, 4.69) is 5.32 Å².